The molecule has 5 rings (SSSR count). The molecule has 1 aromatic carbocycles. The van der Waals surface area contributed by atoms with Gasteiger partial charge in [0.25, 0.3) is 5.91 Å². The fourth-order valence-corrected chi connectivity index (χ4v) is 6.05. The van der Waals surface area contributed by atoms with E-state index in [4.69, 9.17) is 14.1 Å². The second-order valence-corrected chi connectivity index (χ2v) is 10.3. The van der Waals surface area contributed by atoms with E-state index in [-0.39, 0.29) is 5.91 Å². The fraction of sp³-hybridized carbons (Fsp3) is 0.462. The topological polar surface area (TPSA) is 58.8 Å². The fourth-order valence-electron chi connectivity index (χ4n) is 5.02. The Morgan fingerprint density at radius 1 is 1.06 bits per heavy atom. The van der Waals surface area contributed by atoms with Crippen LogP contribution in [0.15, 0.2) is 53.1 Å². The first-order chi connectivity index (χ1) is 16.1. The van der Waals surface area contributed by atoms with E-state index < -0.39 is 0 Å². The highest BCUT2D eigenvalue weighted by molar-refractivity contribution is 7.17. The normalized spacial score (nSPS) is 22.5. The van der Waals surface area contributed by atoms with Crippen LogP contribution < -0.4 is 0 Å². The van der Waals surface area contributed by atoms with Crippen LogP contribution in [0.25, 0.3) is 22.0 Å². The van der Waals surface area contributed by atoms with Crippen molar-refractivity contribution in [1.82, 2.24) is 14.8 Å². The van der Waals surface area contributed by atoms with Gasteiger partial charge in [-0.05, 0) is 44.7 Å². The van der Waals surface area contributed by atoms with Gasteiger partial charge in [-0.2, -0.15) is 0 Å². The van der Waals surface area contributed by atoms with Crippen LogP contribution >= 0.6 is 11.3 Å². The Balaban J connectivity index is 1.29. The van der Waals surface area contributed by atoms with Gasteiger partial charge in [0.05, 0.1) is 24.2 Å². The number of benzene rings is 1. The molecule has 2 aliphatic rings. The number of rotatable bonds is 5. The van der Waals surface area contributed by atoms with Gasteiger partial charge in [-0.3, -0.25) is 9.69 Å². The van der Waals surface area contributed by atoms with Gasteiger partial charge in [0.1, 0.15) is 4.88 Å². The highest BCUT2D eigenvalue weighted by Gasteiger charge is 2.30. The van der Waals surface area contributed by atoms with Crippen LogP contribution in [-0.2, 0) is 4.74 Å². The molecule has 0 radical (unpaired) electrons. The van der Waals surface area contributed by atoms with E-state index in [1.807, 2.05) is 47.4 Å². The molecule has 2 fully saturated rings. The summed E-state index contributed by atoms with van der Waals surface area (Å²) in [7, 11) is 0. The predicted molar refractivity (Wildman–Crippen MR) is 130 cm³/mol. The smallest absolute Gasteiger partial charge is 0.266 e. The zero-order valence-corrected chi connectivity index (χ0v) is 20.1. The summed E-state index contributed by atoms with van der Waals surface area (Å²) in [6.45, 7) is 8.99. The molecule has 0 N–H and O–H groups in total. The van der Waals surface area contributed by atoms with E-state index in [9.17, 15) is 4.79 Å². The molecule has 33 heavy (non-hydrogen) atoms. The van der Waals surface area contributed by atoms with Crippen LogP contribution in [0.4, 0.5) is 0 Å². The van der Waals surface area contributed by atoms with E-state index in [1.54, 1.807) is 6.26 Å². The molecule has 0 aliphatic carbocycles. The third kappa shape index (κ3) is 5.05. The quantitative estimate of drug-likeness (QED) is 0.529. The number of furan rings is 1. The number of aromatic nitrogens is 1. The largest absolute Gasteiger partial charge is 0.462 e. The Kier molecular flexibility index (Phi) is 6.62. The first-order valence-corrected chi connectivity index (χ1v) is 12.7. The number of carbonyl (C=O) groups is 1. The van der Waals surface area contributed by atoms with Crippen LogP contribution in [0.5, 0.6) is 0 Å². The average molecular weight is 466 g/mol. The Morgan fingerprint density at radius 2 is 1.79 bits per heavy atom. The molecular formula is C26H31N3O3S. The molecule has 0 spiro atoms. The summed E-state index contributed by atoms with van der Waals surface area (Å²) in [6, 6.07) is 13.7. The van der Waals surface area contributed by atoms with Crippen molar-refractivity contribution in [3.63, 3.8) is 0 Å². The molecule has 7 heteroatoms. The van der Waals surface area contributed by atoms with Gasteiger partial charge in [-0.25, -0.2) is 4.98 Å². The molecule has 1 amide bonds. The Morgan fingerprint density at radius 3 is 2.45 bits per heavy atom. The zero-order valence-electron chi connectivity index (χ0n) is 19.3. The number of morpholine rings is 1. The molecule has 4 heterocycles. The van der Waals surface area contributed by atoms with Crippen molar-refractivity contribution in [2.45, 2.75) is 38.9 Å². The van der Waals surface area contributed by atoms with Crippen LogP contribution in [0, 0.1) is 5.92 Å². The van der Waals surface area contributed by atoms with Crippen LogP contribution in [-0.4, -0.2) is 65.6 Å². The van der Waals surface area contributed by atoms with Gasteiger partial charge >= 0.3 is 0 Å². The summed E-state index contributed by atoms with van der Waals surface area (Å²) in [5.74, 6) is 1.40. The predicted octanol–water partition coefficient (Wildman–Crippen LogP) is 5.03. The van der Waals surface area contributed by atoms with Crippen molar-refractivity contribution in [2.24, 2.45) is 5.92 Å². The Hall–Kier alpha value is -2.48. The summed E-state index contributed by atoms with van der Waals surface area (Å²) in [4.78, 5) is 23.6. The van der Waals surface area contributed by atoms with Crippen molar-refractivity contribution in [1.29, 1.82) is 0 Å². The minimum Gasteiger partial charge on any atom is -0.462 e. The summed E-state index contributed by atoms with van der Waals surface area (Å²) in [5.41, 5.74) is 1.70. The van der Waals surface area contributed by atoms with Crippen molar-refractivity contribution in [2.75, 3.05) is 32.7 Å². The van der Waals surface area contributed by atoms with Crippen molar-refractivity contribution >= 4 is 17.2 Å². The number of piperidine rings is 1. The average Bonchev–Trinajstić information content (AvgIpc) is 3.49. The standard InChI is InChI=1S/C26H31N3O3S/c1-18-15-28(16-19(2)32-18)17-20-10-12-29(13-11-20)26(30)24-23(21-7-4-3-5-8-21)27-25(33-24)22-9-6-14-31-22/h3-9,14,18-20H,10-13,15-17H2,1-2H3. The van der Waals surface area contributed by atoms with Gasteiger partial charge in [0.15, 0.2) is 10.8 Å². The molecular weight excluding hydrogens is 434 g/mol. The van der Waals surface area contributed by atoms with E-state index in [0.717, 1.165) is 61.8 Å². The number of amides is 1. The molecule has 2 atom stereocenters. The second-order valence-electron chi connectivity index (χ2n) is 9.25. The third-order valence-corrected chi connectivity index (χ3v) is 7.57. The second kappa shape index (κ2) is 9.79. The van der Waals surface area contributed by atoms with E-state index >= 15 is 0 Å². The van der Waals surface area contributed by atoms with E-state index in [1.165, 1.54) is 11.3 Å². The molecule has 2 unspecified atom stereocenters. The van der Waals surface area contributed by atoms with Crippen molar-refractivity contribution in [3.05, 3.63) is 53.6 Å². The lowest BCUT2D eigenvalue weighted by atomic mass is 9.95. The number of carbonyl (C=O) groups excluding carboxylic acids is 1. The Bertz CT molecular complexity index is 1050. The molecule has 3 aromatic rings. The molecule has 0 saturated carbocycles. The Labute approximate surface area is 199 Å². The first-order valence-electron chi connectivity index (χ1n) is 11.8. The number of nitrogens with zero attached hydrogens (tertiary/aromatic N) is 3. The number of hydrogen-bond acceptors (Lipinski definition) is 6. The summed E-state index contributed by atoms with van der Waals surface area (Å²) in [5, 5.41) is 0.743. The number of likely N-dealkylation sites (tertiary alicyclic amines) is 1. The SMILES string of the molecule is CC1CN(CC2CCN(C(=O)c3sc(-c4ccco4)nc3-c3ccccc3)CC2)CC(C)O1. The maximum atomic E-state index is 13.6. The summed E-state index contributed by atoms with van der Waals surface area (Å²) < 4.78 is 11.4. The van der Waals surface area contributed by atoms with Gasteiger partial charge in [0.2, 0.25) is 0 Å². The summed E-state index contributed by atoms with van der Waals surface area (Å²) >= 11 is 1.43. The van der Waals surface area contributed by atoms with Gasteiger partial charge < -0.3 is 14.1 Å². The molecule has 2 saturated heterocycles. The van der Waals surface area contributed by atoms with E-state index in [0.29, 0.717) is 28.8 Å². The monoisotopic (exact) mass is 465 g/mol. The molecule has 174 valence electrons. The molecule has 2 aromatic heterocycles. The van der Waals surface area contributed by atoms with Crippen LogP contribution in [0.1, 0.15) is 36.4 Å². The van der Waals surface area contributed by atoms with Crippen LogP contribution in [0.3, 0.4) is 0 Å². The first kappa shape index (κ1) is 22.3. The van der Waals surface area contributed by atoms with Crippen molar-refractivity contribution in [3.8, 4) is 22.0 Å². The minimum atomic E-state index is 0.0798. The summed E-state index contributed by atoms with van der Waals surface area (Å²) in [6.07, 6.45) is 4.30. The van der Waals surface area contributed by atoms with Gasteiger partial charge in [-0.1, -0.05) is 30.3 Å². The van der Waals surface area contributed by atoms with Gasteiger partial charge in [0, 0.05) is 38.3 Å². The van der Waals surface area contributed by atoms with Crippen LogP contribution in [0.2, 0.25) is 0 Å². The number of hydrogen-bond donors (Lipinski definition) is 0. The maximum absolute atomic E-state index is 13.6. The number of ether oxygens (including phenoxy) is 1. The lowest BCUT2D eigenvalue weighted by Crippen LogP contribution is -2.48. The molecule has 6 nitrogen and oxygen atoms in total. The third-order valence-electron chi connectivity index (χ3n) is 6.51. The number of thiazole rings is 1. The maximum Gasteiger partial charge on any atom is 0.266 e. The zero-order chi connectivity index (χ0) is 22.8. The van der Waals surface area contributed by atoms with Gasteiger partial charge in [-0.15, -0.1) is 11.3 Å². The highest BCUT2D eigenvalue weighted by atomic mass is 32.1. The highest BCUT2D eigenvalue weighted by Crippen LogP contribution is 2.35. The molecule has 2 aliphatic heterocycles. The molecule has 0 bridgehead atoms. The lowest BCUT2D eigenvalue weighted by molar-refractivity contribution is -0.0728. The lowest BCUT2D eigenvalue weighted by Gasteiger charge is -2.39. The minimum absolute atomic E-state index is 0.0798. The van der Waals surface area contributed by atoms with E-state index in [2.05, 4.69) is 18.7 Å². The van der Waals surface area contributed by atoms with Crippen molar-refractivity contribution < 1.29 is 13.9 Å².